The van der Waals surface area contributed by atoms with Crippen molar-refractivity contribution >= 4 is 11.9 Å². The van der Waals surface area contributed by atoms with Crippen LogP contribution in [0.15, 0.2) is 48.0 Å². The highest BCUT2D eigenvalue weighted by Crippen LogP contribution is 2.54. The summed E-state index contributed by atoms with van der Waals surface area (Å²) >= 11 is 0. The SMILES string of the molecule is CCCCCc1cc(OC(=O)c2ccccc2C(=O)N2CCN(C)CC2)c2c(c1)OC(C)(C)[C@@H]1CCC(C)=C[C@@H]21. The summed E-state index contributed by atoms with van der Waals surface area (Å²) in [6.07, 6.45) is 8.69. The van der Waals surface area contributed by atoms with E-state index in [4.69, 9.17) is 9.47 Å². The van der Waals surface area contributed by atoms with Gasteiger partial charge in [-0.3, -0.25) is 4.79 Å². The zero-order valence-corrected chi connectivity index (χ0v) is 24.8. The number of hydrogen-bond acceptors (Lipinski definition) is 5. The van der Waals surface area contributed by atoms with Crippen LogP contribution in [-0.2, 0) is 6.42 Å². The molecule has 214 valence electrons. The molecule has 1 saturated heterocycles. The van der Waals surface area contributed by atoms with Crippen LogP contribution in [0.1, 0.15) is 97.6 Å². The second kappa shape index (κ2) is 11.8. The molecule has 2 aromatic rings. The van der Waals surface area contributed by atoms with E-state index in [1.54, 1.807) is 18.2 Å². The van der Waals surface area contributed by atoms with E-state index in [1.165, 1.54) is 5.57 Å². The molecule has 2 aromatic carbocycles. The summed E-state index contributed by atoms with van der Waals surface area (Å²) in [4.78, 5) is 31.3. The quantitative estimate of drug-likeness (QED) is 0.169. The Morgan fingerprint density at radius 2 is 1.77 bits per heavy atom. The van der Waals surface area contributed by atoms with Crippen molar-refractivity contribution in [3.63, 3.8) is 0 Å². The van der Waals surface area contributed by atoms with E-state index in [-0.39, 0.29) is 23.3 Å². The van der Waals surface area contributed by atoms with E-state index in [1.807, 2.05) is 17.0 Å². The molecule has 1 aliphatic carbocycles. The van der Waals surface area contributed by atoms with Gasteiger partial charge in [-0.2, -0.15) is 0 Å². The van der Waals surface area contributed by atoms with Crippen LogP contribution in [0.2, 0.25) is 0 Å². The van der Waals surface area contributed by atoms with Gasteiger partial charge in [0.05, 0.1) is 11.1 Å². The Morgan fingerprint density at radius 1 is 1.05 bits per heavy atom. The fraction of sp³-hybridized carbons (Fsp3) is 0.529. The lowest BCUT2D eigenvalue weighted by atomic mass is 9.68. The van der Waals surface area contributed by atoms with Gasteiger partial charge in [-0.25, -0.2) is 4.79 Å². The third-order valence-corrected chi connectivity index (χ3v) is 8.95. The van der Waals surface area contributed by atoms with Crippen LogP contribution >= 0.6 is 0 Å². The molecule has 1 amide bonds. The summed E-state index contributed by atoms with van der Waals surface area (Å²) < 4.78 is 12.9. The number of ether oxygens (including phenoxy) is 2. The number of fused-ring (bicyclic) bond motifs is 3. The van der Waals surface area contributed by atoms with Crippen molar-refractivity contribution in [3.8, 4) is 11.5 Å². The fourth-order valence-corrected chi connectivity index (χ4v) is 6.55. The molecule has 6 heteroatoms. The average molecular weight is 545 g/mol. The van der Waals surface area contributed by atoms with Crippen molar-refractivity contribution in [3.05, 3.63) is 70.3 Å². The molecule has 2 atom stereocenters. The van der Waals surface area contributed by atoms with E-state index < -0.39 is 5.97 Å². The van der Waals surface area contributed by atoms with E-state index in [0.29, 0.717) is 30.0 Å². The second-order valence-electron chi connectivity index (χ2n) is 12.4. The molecule has 1 fully saturated rings. The summed E-state index contributed by atoms with van der Waals surface area (Å²) in [7, 11) is 2.06. The molecule has 0 bridgehead atoms. The molecule has 0 radical (unpaired) electrons. The summed E-state index contributed by atoms with van der Waals surface area (Å²) in [6.45, 7) is 11.7. The minimum Gasteiger partial charge on any atom is -0.487 e. The highest BCUT2D eigenvalue weighted by molar-refractivity contribution is 6.06. The lowest BCUT2D eigenvalue weighted by Gasteiger charge is -2.46. The van der Waals surface area contributed by atoms with Gasteiger partial charge in [0.1, 0.15) is 17.1 Å². The highest BCUT2D eigenvalue weighted by Gasteiger charge is 2.45. The molecular weight excluding hydrogens is 500 g/mol. The Hall–Kier alpha value is -3.12. The maximum Gasteiger partial charge on any atom is 0.344 e. The number of rotatable bonds is 7. The number of benzene rings is 2. The Labute approximate surface area is 239 Å². The summed E-state index contributed by atoms with van der Waals surface area (Å²) in [5.41, 5.74) is 3.81. The summed E-state index contributed by atoms with van der Waals surface area (Å²) in [5, 5.41) is 0. The van der Waals surface area contributed by atoms with E-state index in [9.17, 15) is 9.59 Å². The number of nitrogens with zero attached hydrogens (tertiary/aromatic N) is 2. The van der Waals surface area contributed by atoms with Gasteiger partial charge in [0, 0.05) is 43.6 Å². The monoisotopic (exact) mass is 544 g/mol. The first-order chi connectivity index (χ1) is 19.2. The molecule has 2 aliphatic heterocycles. The largest absolute Gasteiger partial charge is 0.487 e. The van der Waals surface area contributed by atoms with Crippen LogP contribution in [0.5, 0.6) is 11.5 Å². The number of piperazine rings is 1. The number of aryl methyl sites for hydroxylation is 1. The standard InChI is InChI=1S/C34H44N2O4/c1-6-7-8-11-24-21-29(31-27-20-23(2)14-15-28(27)34(3,4)40-30(31)22-24)39-33(38)26-13-10-9-12-25(26)32(37)36-18-16-35(5)17-19-36/h9-10,12-13,20-22,27-28H,6-8,11,14-19H2,1-5H3/t27-,28-/m1/s1. The topological polar surface area (TPSA) is 59.1 Å². The lowest BCUT2D eigenvalue weighted by molar-refractivity contribution is 0.0105. The van der Waals surface area contributed by atoms with Crippen molar-refractivity contribution in [2.75, 3.05) is 33.2 Å². The summed E-state index contributed by atoms with van der Waals surface area (Å²) in [6, 6.07) is 11.2. The van der Waals surface area contributed by atoms with Crippen molar-refractivity contribution in [2.24, 2.45) is 5.92 Å². The van der Waals surface area contributed by atoms with E-state index >= 15 is 0 Å². The van der Waals surface area contributed by atoms with Crippen molar-refractivity contribution < 1.29 is 19.1 Å². The molecule has 0 N–H and O–H groups in total. The molecule has 0 spiro atoms. The highest BCUT2D eigenvalue weighted by atomic mass is 16.5. The predicted octanol–water partition coefficient (Wildman–Crippen LogP) is 6.64. The number of unbranched alkanes of at least 4 members (excludes halogenated alkanes) is 2. The molecule has 0 aromatic heterocycles. The maximum atomic E-state index is 13.8. The lowest BCUT2D eigenvalue weighted by Crippen LogP contribution is -2.47. The van der Waals surface area contributed by atoms with Crippen LogP contribution in [-0.4, -0.2) is 60.5 Å². The van der Waals surface area contributed by atoms with Gasteiger partial charge in [-0.1, -0.05) is 43.5 Å². The Balaban J connectivity index is 1.51. The smallest absolute Gasteiger partial charge is 0.344 e. The number of likely N-dealkylation sites (N-methyl/N-ethyl adjacent to an activating group) is 1. The molecule has 6 nitrogen and oxygen atoms in total. The van der Waals surface area contributed by atoms with Crippen molar-refractivity contribution in [2.45, 2.75) is 77.7 Å². The van der Waals surface area contributed by atoms with Crippen LogP contribution in [0, 0.1) is 5.92 Å². The molecule has 0 saturated carbocycles. The van der Waals surface area contributed by atoms with Gasteiger partial charge >= 0.3 is 5.97 Å². The Bertz CT molecular complexity index is 1290. The van der Waals surface area contributed by atoms with E-state index in [2.05, 4.69) is 51.8 Å². The van der Waals surface area contributed by atoms with Gasteiger partial charge in [0.25, 0.3) is 5.91 Å². The van der Waals surface area contributed by atoms with Gasteiger partial charge in [0.2, 0.25) is 0 Å². The van der Waals surface area contributed by atoms with Crippen molar-refractivity contribution in [1.29, 1.82) is 0 Å². The molecule has 40 heavy (non-hydrogen) atoms. The number of hydrogen-bond donors (Lipinski definition) is 0. The molecule has 2 heterocycles. The van der Waals surface area contributed by atoms with Gasteiger partial charge in [0.15, 0.2) is 0 Å². The zero-order chi connectivity index (χ0) is 28.4. The molecule has 3 aliphatic rings. The van der Waals surface area contributed by atoms with Crippen LogP contribution < -0.4 is 9.47 Å². The van der Waals surface area contributed by atoms with Crippen LogP contribution in [0.4, 0.5) is 0 Å². The van der Waals surface area contributed by atoms with Crippen LogP contribution in [0.3, 0.4) is 0 Å². The normalized spacial score (nSPS) is 22.0. The first-order valence-electron chi connectivity index (χ1n) is 15.0. The number of amides is 1. The second-order valence-corrected chi connectivity index (χ2v) is 12.4. The molecule has 0 unspecified atom stereocenters. The molecule has 5 rings (SSSR count). The van der Waals surface area contributed by atoms with Crippen molar-refractivity contribution in [1.82, 2.24) is 9.80 Å². The van der Waals surface area contributed by atoms with E-state index in [0.717, 1.165) is 68.5 Å². The van der Waals surface area contributed by atoms with Gasteiger partial charge in [-0.05, 0) is 83.3 Å². The summed E-state index contributed by atoms with van der Waals surface area (Å²) in [5.74, 6) is 1.17. The zero-order valence-electron chi connectivity index (χ0n) is 24.8. The number of esters is 1. The first kappa shape index (κ1) is 28.4. The first-order valence-corrected chi connectivity index (χ1v) is 15.0. The Morgan fingerprint density at radius 3 is 2.50 bits per heavy atom. The molecular formula is C34H44N2O4. The maximum absolute atomic E-state index is 13.8. The van der Waals surface area contributed by atoms with Gasteiger partial charge in [-0.15, -0.1) is 0 Å². The minimum atomic E-state index is -0.496. The van der Waals surface area contributed by atoms with Crippen LogP contribution in [0.25, 0.3) is 0 Å². The predicted molar refractivity (Wildman–Crippen MR) is 158 cm³/mol. The average Bonchev–Trinajstić information content (AvgIpc) is 2.92. The van der Waals surface area contributed by atoms with Gasteiger partial charge < -0.3 is 19.3 Å². The fourth-order valence-electron chi connectivity index (χ4n) is 6.55. The minimum absolute atomic E-state index is 0.113. The number of carbonyl (C=O) groups is 2. The number of carbonyl (C=O) groups excluding carboxylic acids is 2. The number of allylic oxidation sites excluding steroid dienone is 2. The third kappa shape index (κ3) is 5.83. The Kier molecular flexibility index (Phi) is 8.37. The third-order valence-electron chi connectivity index (χ3n) is 8.95.